The first-order valence-electron chi connectivity index (χ1n) is 13.0. The molecule has 0 unspecified atom stereocenters. The second kappa shape index (κ2) is 11.4. The summed E-state index contributed by atoms with van der Waals surface area (Å²) in [6, 6.07) is 12.0. The number of hydrogen-bond donors (Lipinski definition) is 2. The van der Waals surface area contributed by atoms with Crippen LogP contribution in [0.3, 0.4) is 0 Å². The maximum Gasteiger partial charge on any atom is 0.239 e. The maximum atomic E-state index is 13.1. The topological polar surface area (TPSA) is 82.5 Å². The predicted molar refractivity (Wildman–Crippen MR) is 139 cm³/mol. The highest BCUT2D eigenvalue weighted by Crippen LogP contribution is 2.35. The highest BCUT2D eigenvalue weighted by molar-refractivity contribution is 5.91. The van der Waals surface area contributed by atoms with Crippen molar-refractivity contribution in [2.75, 3.05) is 44.6 Å². The number of anilines is 1. The lowest BCUT2D eigenvalue weighted by atomic mass is 10.0. The van der Waals surface area contributed by atoms with E-state index in [0.717, 1.165) is 62.6 Å². The van der Waals surface area contributed by atoms with E-state index in [1.165, 1.54) is 12.8 Å². The van der Waals surface area contributed by atoms with Gasteiger partial charge in [0.25, 0.3) is 0 Å². The summed E-state index contributed by atoms with van der Waals surface area (Å²) in [5, 5.41) is 11.0. The minimum absolute atomic E-state index is 0.0287. The van der Waals surface area contributed by atoms with E-state index < -0.39 is 0 Å². The smallest absolute Gasteiger partial charge is 0.239 e. The van der Waals surface area contributed by atoms with E-state index in [2.05, 4.69) is 26.5 Å². The van der Waals surface area contributed by atoms with Crippen molar-refractivity contribution in [1.29, 1.82) is 0 Å². The Kier molecular flexibility index (Phi) is 8.23. The molecule has 0 bridgehead atoms. The Morgan fingerprint density at radius 2 is 1.54 bits per heavy atom. The summed E-state index contributed by atoms with van der Waals surface area (Å²) in [6.45, 7) is 9.96. The molecule has 0 atom stereocenters. The molecule has 0 radical (unpaired) electrons. The molecule has 2 aromatic rings. The molecular formula is C27H40N6O2. The SMILES string of the molecule is CC(C)(C)NC(=O)CN1CCCN(CC(=O)Nc2cc(C3CCCC3)nn2-c2ccccc2)CC1. The molecule has 1 aromatic carbocycles. The quantitative estimate of drug-likeness (QED) is 0.635. The predicted octanol–water partition coefficient (Wildman–Crippen LogP) is 3.39. The van der Waals surface area contributed by atoms with Gasteiger partial charge in [-0.05, 0) is 65.3 Å². The van der Waals surface area contributed by atoms with Gasteiger partial charge < -0.3 is 10.6 Å². The van der Waals surface area contributed by atoms with Crippen LogP contribution in [0.1, 0.15) is 64.5 Å². The third kappa shape index (κ3) is 7.39. The fraction of sp³-hybridized carbons (Fsp3) is 0.593. The van der Waals surface area contributed by atoms with Crippen molar-refractivity contribution in [3.8, 4) is 5.69 Å². The third-order valence-corrected chi connectivity index (χ3v) is 6.70. The van der Waals surface area contributed by atoms with Crippen LogP contribution in [0.4, 0.5) is 5.82 Å². The Morgan fingerprint density at radius 3 is 2.17 bits per heavy atom. The monoisotopic (exact) mass is 480 g/mol. The standard InChI is InChI=1S/C27H40N6O2/c1-27(2,3)29-26(35)20-32-15-9-14-31(16-17-32)19-25(34)28-24-18-23(21-10-7-8-11-21)30-33(24)22-12-5-4-6-13-22/h4-6,12-13,18,21H,7-11,14-17,19-20H2,1-3H3,(H,28,34)(H,29,35). The van der Waals surface area contributed by atoms with E-state index >= 15 is 0 Å². The van der Waals surface area contributed by atoms with Crippen LogP contribution in [0.5, 0.6) is 0 Å². The van der Waals surface area contributed by atoms with Crippen LogP contribution in [0.15, 0.2) is 36.4 Å². The molecule has 0 spiro atoms. The molecule has 8 nitrogen and oxygen atoms in total. The van der Waals surface area contributed by atoms with Crippen LogP contribution in [0.25, 0.3) is 5.69 Å². The Labute approximate surface area is 209 Å². The number of aromatic nitrogens is 2. The lowest BCUT2D eigenvalue weighted by molar-refractivity contribution is -0.123. The molecule has 2 amide bonds. The number of benzene rings is 1. The van der Waals surface area contributed by atoms with Gasteiger partial charge in [-0.1, -0.05) is 31.0 Å². The highest BCUT2D eigenvalue weighted by atomic mass is 16.2. The zero-order chi connectivity index (χ0) is 24.8. The Hall–Kier alpha value is -2.71. The molecule has 2 N–H and O–H groups in total. The molecular weight excluding hydrogens is 440 g/mol. The first kappa shape index (κ1) is 25.4. The van der Waals surface area contributed by atoms with Crippen molar-refractivity contribution in [3.63, 3.8) is 0 Å². The van der Waals surface area contributed by atoms with Gasteiger partial charge in [-0.15, -0.1) is 0 Å². The van der Waals surface area contributed by atoms with Crippen LogP contribution >= 0.6 is 0 Å². The van der Waals surface area contributed by atoms with E-state index in [-0.39, 0.29) is 17.4 Å². The summed E-state index contributed by atoms with van der Waals surface area (Å²) in [6.07, 6.45) is 5.75. The second-order valence-corrected chi connectivity index (χ2v) is 10.9. The van der Waals surface area contributed by atoms with Gasteiger partial charge in [-0.25, -0.2) is 4.68 Å². The number of para-hydroxylation sites is 1. The number of nitrogens with zero attached hydrogens (tertiary/aromatic N) is 4. The molecule has 4 rings (SSSR count). The van der Waals surface area contributed by atoms with Crippen LogP contribution in [0, 0.1) is 0 Å². The first-order chi connectivity index (χ1) is 16.8. The molecule has 190 valence electrons. The lowest BCUT2D eigenvalue weighted by Crippen LogP contribution is -2.46. The van der Waals surface area contributed by atoms with Gasteiger partial charge in [0.15, 0.2) is 0 Å². The molecule has 1 aromatic heterocycles. The highest BCUT2D eigenvalue weighted by Gasteiger charge is 2.24. The largest absolute Gasteiger partial charge is 0.350 e. The average molecular weight is 481 g/mol. The summed E-state index contributed by atoms with van der Waals surface area (Å²) in [7, 11) is 0. The van der Waals surface area contributed by atoms with E-state index in [9.17, 15) is 9.59 Å². The summed E-state index contributed by atoms with van der Waals surface area (Å²) >= 11 is 0. The normalized spacial score (nSPS) is 18.4. The van der Waals surface area contributed by atoms with E-state index in [1.54, 1.807) is 0 Å². The zero-order valence-electron chi connectivity index (χ0n) is 21.4. The van der Waals surface area contributed by atoms with Gasteiger partial charge in [0.2, 0.25) is 11.8 Å². The van der Waals surface area contributed by atoms with Crippen molar-refractivity contribution < 1.29 is 9.59 Å². The summed E-state index contributed by atoms with van der Waals surface area (Å²) in [4.78, 5) is 29.7. The zero-order valence-corrected chi connectivity index (χ0v) is 21.4. The van der Waals surface area contributed by atoms with Gasteiger partial charge in [-0.2, -0.15) is 5.10 Å². The molecule has 8 heteroatoms. The van der Waals surface area contributed by atoms with Crippen molar-refractivity contribution in [2.45, 2.75) is 64.3 Å². The Bertz CT molecular complexity index is 991. The fourth-order valence-electron chi connectivity index (χ4n) is 5.06. The average Bonchev–Trinajstić information content (AvgIpc) is 3.41. The van der Waals surface area contributed by atoms with Gasteiger partial charge in [0.1, 0.15) is 5.82 Å². The molecule has 2 aliphatic rings. The van der Waals surface area contributed by atoms with Crippen LogP contribution in [-0.2, 0) is 9.59 Å². The maximum absolute atomic E-state index is 13.1. The van der Waals surface area contributed by atoms with Gasteiger partial charge in [-0.3, -0.25) is 19.4 Å². The molecule has 2 fully saturated rings. The molecule has 1 aliphatic carbocycles. The van der Waals surface area contributed by atoms with E-state index in [1.807, 2.05) is 55.8 Å². The van der Waals surface area contributed by atoms with E-state index in [0.29, 0.717) is 19.0 Å². The number of amides is 2. The van der Waals surface area contributed by atoms with E-state index in [4.69, 9.17) is 5.10 Å². The lowest BCUT2D eigenvalue weighted by Gasteiger charge is -2.25. The number of nitrogens with one attached hydrogen (secondary N) is 2. The minimum atomic E-state index is -0.225. The summed E-state index contributed by atoms with van der Waals surface area (Å²) in [5.74, 6) is 1.23. The van der Waals surface area contributed by atoms with Crippen LogP contribution in [-0.4, -0.2) is 76.2 Å². The molecule has 1 saturated carbocycles. The van der Waals surface area contributed by atoms with Crippen molar-refractivity contribution >= 4 is 17.6 Å². The molecule has 1 saturated heterocycles. The summed E-state index contributed by atoms with van der Waals surface area (Å²) in [5.41, 5.74) is 1.79. The third-order valence-electron chi connectivity index (χ3n) is 6.70. The summed E-state index contributed by atoms with van der Waals surface area (Å²) < 4.78 is 1.86. The minimum Gasteiger partial charge on any atom is -0.350 e. The molecule has 2 heterocycles. The fourth-order valence-corrected chi connectivity index (χ4v) is 5.06. The number of hydrogen-bond acceptors (Lipinski definition) is 5. The number of carbonyl (C=O) groups excluding carboxylic acids is 2. The van der Waals surface area contributed by atoms with Gasteiger partial charge >= 0.3 is 0 Å². The van der Waals surface area contributed by atoms with Crippen molar-refractivity contribution in [3.05, 3.63) is 42.1 Å². The molecule has 1 aliphatic heterocycles. The first-order valence-corrected chi connectivity index (χ1v) is 13.0. The number of rotatable bonds is 7. The Balaban J connectivity index is 1.35. The van der Waals surface area contributed by atoms with Gasteiger partial charge in [0, 0.05) is 30.6 Å². The van der Waals surface area contributed by atoms with Crippen molar-refractivity contribution in [1.82, 2.24) is 24.9 Å². The second-order valence-electron chi connectivity index (χ2n) is 10.9. The Morgan fingerprint density at radius 1 is 0.914 bits per heavy atom. The van der Waals surface area contributed by atoms with Crippen LogP contribution in [0.2, 0.25) is 0 Å². The van der Waals surface area contributed by atoms with Crippen LogP contribution < -0.4 is 10.6 Å². The van der Waals surface area contributed by atoms with Crippen molar-refractivity contribution in [2.24, 2.45) is 0 Å². The van der Waals surface area contributed by atoms with Gasteiger partial charge in [0.05, 0.1) is 24.5 Å². The molecule has 35 heavy (non-hydrogen) atoms. The number of carbonyl (C=O) groups is 2.